The first-order chi connectivity index (χ1) is 8.66. The second-order valence-electron chi connectivity index (χ2n) is 3.63. The first-order valence-electron chi connectivity index (χ1n) is 5.07. The van der Waals surface area contributed by atoms with Gasteiger partial charge in [-0.05, 0) is 6.07 Å². The van der Waals surface area contributed by atoms with E-state index in [1.807, 2.05) is 0 Å². The van der Waals surface area contributed by atoms with Gasteiger partial charge in [-0.25, -0.2) is 24.4 Å². The van der Waals surface area contributed by atoms with Crippen LogP contribution in [-0.4, -0.2) is 25.3 Å². The zero-order valence-corrected chi connectivity index (χ0v) is 9.07. The molecule has 0 aliphatic carbocycles. The number of urea groups is 1. The average molecular weight is 244 g/mol. The molecular weight excluding hydrogens is 236 g/mol. The average Bonchev–Trinajstić information content (AvgIpc) is 2.80. The zero-order chi connectivity index (χ0) is 12.7. The minimum atomic E-state index is -0.815. The van der Waals surface area contributed by atoms with Gasteiger partial charge < -0.3 is 5.73 Å². The van der Waals surface area contributed by atoms with E-state index >= 15 is 0 Å². The molecule has 3 rings (SSSR count). The number of hydrogen-bond donors (Lipinski definition) is 2. The van der Waals surface area contributed by atoms with Crippen LogP contribution in [0.1, 0.15) is 0 Å². The van der Waals surface area contributed by atoms with E-state index in [-0.39, 0.29) is 0 Å². The molecule has 90 valence electrons. The zero-order valence-electron chi connectivity index (χ0n) is 9.07. The van der Waals surface area contributed by atoms with Crippen LogP contribution >= 0.6 is 0 Å². The predicted molar refractivity (Wildman–Crippen MR) is 63.7 cm³/mol. The van der Waals surface area contributed by atoms with Gasteiger partial charge in [-0.15, -0.1) is 0 Å². The molecule has 8 heteroatoms. The molecule has 0 aliphatic rings. The van der Waals surface area contributed by atoms with Crippen molar-refractivity contribution in [1.29, 1.82) is 0 Å². The molecule has 0 saturated heterocycles. The van der Waals surface area contributed by atoms with Crippen LogP contribution in [0.2, 0.25) is 0 Å². The number of amides is 2. The summed E-state index contributed by atoms with van der Waals surface area (Å²) in [4.78, 5) is 26.9. The Morgan fingerprint density at radius 2 is 2.22 bits per heavy atom. The second kappa shape index (κ2) is 3.55. The van der Waals surface area contributed by atoms with Crippen LogP contribution in [0.15, 0.2) is 35.5 Å². The van der Waals surface area contributed by atoms with Gasteiger partial charge in [0.15, 0.2) is 5.65 Å². The minimum absolute atomic E-state index is 0.336. The number of nitrogens with one attached hydrogen (secondary N) is 1. The summed E-state index contributed by atoms with van der Waals surface area (Å²) in [6.45, 7) is 0. The van der Waals surface area contributed by atoms with E-state index in [4.69, 9.17) is 5.73 Å². The van der Waals surface area contributed by atoms with Crippen molar-refractivity contribution in [2.24, 2.45) is 5.73 Å². The number of rotatable bonds is 1. The predicted octanol–water partition coefficient (Wildman–Crippen LogP) is -0.334. The Morgan fingerprint density at radius 1 is 1.39 bits per heavy atom. The lowest BCUT2D eigenvalue weighted by Crippen LogP contribution is -2.35. The Hall–Kier alpha value is -2.90. The third-order valence-corrected chi connectivity index (χ3v) is 2.51. The smallest absolute Gasteiger partial charge is 0.331 e. The minimum Gasteiger partial charge on any atom is -0.350 e. The molecule has 0 saturated carbocycles. The number of nitrogens with zero attached hydrogens (tertiary/aromatic N) is 4. The second-order valence-corrected chi connectivity index (χ2v) is 3.63. The third kappa shape index (κ3) is 1.39. The Labute approximate surface area is 99.6 Å². The van der Waals surface area contributed by atoms with Crippen LogP contribution in [0.3, 0.4) is 0 Å². The first kappa shape index (κ1) is 10.3. The van der Waals surface area contributed by atoms with E-state index in [2.05, 4.69) is 15.5 Å². The van der Waals surface area contributed by atoms with Gasteiger partial charge in [0.25, 0.3) is 5.56 Å². The van der Waals surface area contributed by atoms with Crippen LogP contribution in [0.25, 0.3) is 16.6 Å². The monoisotopic (exact) mass is 244 g/mol. The van der Waals surface area contributed by atoms with Gasteiger partial charge >= 0.3 is 6.03 Å². The molecule has 18 heavy (non-hydrogen) atoms. The van der Waals surface area contributed by atoms with Crippen LogP contribution in [-0.2, 0) is 0 Å². The van der Waals surface area contributed by atoms with Crippen LogP contribution < -0.4 is 16.7 Å². The highest BCUT2D eigenvalue weighted by Gasteiger charge is 2.08. The van der Waals surface area contributed by atoms with E-state index in [1.54, 1.807) is 22.8 Å². The number of nitrogens with two attached hydrogens (primary N) is 1. The number of pyridine rings is 1. The molecule has 3 heterocycles. The fourth-order valence-electron chi connectivity index (χ4n) is 1.77. The number of fused-ring (bicyclic) bond motifs is 3. The summed E-state index contributed by atoms with van der Waals surface area (Å²) in [5, 5.41) is 4.41. The van der Waals surface area contributed by atoms with Gasteiger partial charge in [-0.3, -0.25) is 4.79 Å². The molecule has 0 radical (unpaired) electrons. The summed E-state index contributed by atoms with van der Waals surface area (Å²) < 4.78 is 2.55. The molecular formula is C10H8N6O2. The van der Waals surface area contributed by atoms with E-state index in [0.29, 0.717) is 16.6 Å². The molecule has 0 spiro atoms. The van der Waals surface area contributed by atoms with Gasteiger partial charge in [-0.2, -0.15) is 5.10 Å². The topological polar surface area (TPSA) is 107 Å². The summed E-state index contributed by atoms with van der Waals surface area (Å²) in [5.41, 5.74) is 7.99. The highest BCUT2D eigenvalue weighted by molar-refractivity contribution is 5.82. The summed E-state index contributed by atoms with van der Waals surface area (Å²) in [7, 11) is 0. The number of primary amides is 1. The van der Waals surface area contributed by atoms with E-state index < -0.39 is 11.6 Å². The van der Waals surface area contributed by atoms with E-state index in [1.165, 1.54) is 12.4 Å². The van der Waals surface area contributed by atoms with E-state index in [9.17, 15) is 9.59 Å². The lowest BCUT2D eigenvalue weighted by Gasteiger charge is -2.07. The molecule has 0 aliphatic heterocycles. The van der Waals surface area contributed by atoms with Crippen molar-refractivity contribution in [2.75, 3.05) is 5.43 Å². The highest BCUT2D eigenvalue weighted by Crippen LogP contribution is 2.09. The summed E-state index contributed by atoms with van der Waals surface area (Å²) in [6.07, 6.45) is 4.44. The molecule has 0 bridgehead atoms. The van der Waals surface area contributed by atoms with Crippen LogP contribution in [0.4, 0.5) is 4.79 Å². The van der Waals surface area contributed by atoms with Gasteiger partial charge in [-0.1, -0.05) is 0 Å². The number of carbonyl (C=O) groups is 1. The van der Waals surface area contributed by atoms with Crippen molar-refractivity contribution < 1.29 is 4.79 Å². The van der Waals surface area contributed by atoms with Crippen molar-refractivity contribution in [3.05, 3.63) is 41.1 Å². The molecule has 0 aromatic carbocycles. The maximum Gasteiger partial charge on any atom is 0.331 e. The van der Waals surface area contributed by atoms with Crippen molar-refractivity contribution in [1.82, 2.24) is 19.3 Å². The molecule has 0 atom stereocenters. The lowest BCUT2D eigenvalue weighted by molar-refractivity contribution is 0.257. The Bertz CT molecular complexity index is 818. The number of aromatic nitrogens is 4. The largest absolute Gasteiger partial charge is 0.350 e. The first-order valence-corrected chi connectivity index (χ1v) is 5.07. The normalized spacial score (nSPS) is 10.9. The van der Waals surface area contributed by atoms with Gasteiger partial charge in [0.05, 0.1) is 17.1 Å². The van der Waals surface area contributed by atoms with Crippen molar-refractivity contribution in [2.45, 2.75) is 0 Å². The van der Waals surface area contributed by atoms with Crippen molar-refractivity contribution in [3.8, 4) is 0 Å². The standard InChI is InChI=1S/C10H8N6O2/c11-10(18)14-15-4-2-7-6(9(15)17)5-12-8-1-3-13-16(7)8/h1-5H,(H3,11,14,18). The summed E-state index contributed by atoms with van der Waals surface area (Å²) >= 11 is 0. The molecule has 0 unspecified atom stereocenters. The Balaban J connectivity index is 2.35. The lowest BCUT2D eigenvalue weighted by atomic mass is 10.3. The van der Waals surface area contributed by atoms with Gasteiger partial charge in [0, 0.05) is 18.5 Å². The Kier molecular flexibility index (Phi) is 2.03. The SMILES string of the molecule is NC(=O)Nn1ccc2c(cnc3ccnn32)c1=O. The number of carbonyl (C=O) groups excluding carboxylic acids is 1. The fraction of sp³-hybridized carbons (Fsp3) is 0. The molecule has 2 amide bonds. The van der Waals surface area contributed by atoms with Crippen molar-refractivity contribution in [3.63, 3.8) is 0 Å². The maximum absolute atomic E-state index is 12.0. The summed E-state index contributed by atoms with van der Waals surface area (Å²) in [5.74, 6) is 0. The summed E-state index contributed by atoms with van der Waals surface area (Å²) in [6, 6.07) is 2.56. The quantitative estimate of drug-likeness (QED) is 0.610. The molecule has 3 aromatic heterocycles. The van der Waals surface area contributed by atoms with Gasteiger partial charge in [0.1, 0.15) is 0 Å². The van der Waals surface area contributed by atoms with E-state index in [0.717, 1.165) is 4.68 Å². The number of hydrogen-bond acceptors (Lipinski definition) is 4. The molecule has 3 N–H and O–H groups in total. The van der Waals surface area contributed by atoms with Crippen molar-refractivity contribution >= 4 is 22.6 Å². The van der Waals surface area contributed by atoms with Crippen LogP contribution in [0, 0.1) is 0 Å². The fourth-order valence-corrected chi connectivity index (χ4v) is 1.77. The highest BCUT2D eigenvalue weighted by atomic mass is 16.2. The molecule has 8 nitrogen and oxygen atoms in total. The maximum atomic E-state index is 12.0. The molecule has 3 aromatic rings. The third-order valence-electron chi connectivity index (χ3n) is 2.51. The van der Waals surface area contributed by atoms with Gasteiger partial charge in [0.2, 0.25) is 0 Å². The molecule has 0 fully saturated rings. The van der Waals surface area contributed by atoms with Crippen LogP contribution in [0.5, 0.6) is 0 Å². The Morgan fingerprint density at radius 3 is 3.00 bits per heavy atom.